The molecule has 0 aliphatic rings. The van der Waals surface area contributed by atoms with Crippen LogP contribution in [0.1, 0.15) is 40.0 Å². The van der Waals surface area contributed by atoms with Crippen LogP contribution in [0.2, 0.25) is 0 Å². The van der Waals surface area contributed by atoms with E-state index < -0.39 is 0 Å². The lowest BCUT2D eigenvalue weighted by molar-refractivity contribution is 0.361. The quantitative estimate of drug-likeness (QED) is 0.552. The minimum atomic E-state index is 0.431. The van der Waals surface area contributed by atoms with Gasteiger partial charge in [-0.05, 0) is 18.3 Å². The van der Waals surface area contributed by atoms with Crippen LogP contribution in [0.4, 0.5) is 11.4 Å². The van der Waals surface area contributed by atoms with Crippen molar-refractivity contribution in [2.45, 2.75) is 40.0 Å². The SMILES string of the molecule is CN(C)c1c(N(C)CCCCC(C)(C)C)c(=S)c1=S. The topological polar surface area (TPSA) is 6.48 Å². The third kappa shape index (κ3) is 4.25. The van der Waals surface area contributed by atoms with Crippen LogP contribution in [0, 0.1) is 14.4 Å². The number of anilines is 2. The van der Waals surface area contributed by atoms with Gasteiger partial charge < -0.3 is 9.80 Å². The lowest BCUT2D eigenvalue weighted by Gasteiger charge is -2.29. The lowest BCUT2D eigenvalue weighted by Crippen LogP contribution is -2.25. The van der Waals surface area contributed by atoms with Gasteiger partial charge in [-0.2, -0.15) is 0 Å². The zero-order chi connectivity index (χ0) is 14.8. The maximum atomic E-state index is 5.37. The molecular weight excluding hydrogens is 272 g/mol. The first kappa shape index (κ1) is 16.6. The molecule has 1 rings (SSSR count). The molecule has 19 heavy (non-hydrogen) atoms. The lowest BCUT2D eigenvalue weighted by atomic mass is 9.90. The Morgan fingerprint density at radius 1 is 0.895 bits per heavy atom. The summed E-state index contributed by atoms with van der Waals surface area (Å²) in [5, 5.41) is 0. The van der Waals surface area contributed by atoms with Crippen molar-refractivity contribution >= 4 is 35.8 Å². The zero-order valence-corrected chi connectivity index (χ0v) is 14.7. The van der Waals surface area contributed by atoms with Gasteiger partial charge in [0.2, 0.25) is 0 Å². The Labute approximate surface area is 128 Å². The number of hydrogen-bond acceptors (Lipinski definition) is 4. The van der Waals surface area contributed by atoms with Gasteiger partial charge in [-0.15, -0.1) is 0 Å². The maximum absolute atomic E-state index is 5.37. The Bertz CT molecular complexity index is 491. The highest BCUT2D eigenvalue weighted by molar-refractivity contribution is 7.74. The monoisotopic (exact) mass is 298 g/mol. The van der Waals surface area contributed by atoms with E-state index in [9.17, 15) is 0 Å². The summed E-state index contributed by atoms with van der Waals surface area (Å²) in [5.74, 6) is 0. The molecule has 0 aliphatic heterocycles. The van der Waals surface area contributed by atoms with Crippen molar-refractivity contribution in [3.8, 4) is 0 Å². The van der Waals surface area contributed by atoms with Crippen molar-refractivity contribution < 1.29 is 0 Å². The van der Waals surface area contributed by atoms with E-state index in [2.05, 4.69) is 37.6 Å². The summed E-state index contributed by atoms with van der Waals surface area (Å²) >= 11 is 10.7. The molecule has 0 amide bonds. The van der Waals surface area contributed by atoms with Gasteiger partial charge in [-0.25, -0.2) is 0 Å². The van der Waals surface area contributed by atoms with Crippen molar-refractivity contribution in [3.63, 3.8) is 0 Å². The van der Waals surface area contributed by atoms with Crippen LogP contribution in [0.25, 0.3) is 0 Å². The van der Waals surface area contributed by atoms with Crippen LogP contribution < -0.4 is 9.80 Å². The average molecular weight is 299 g/mol. The second kappa shape index (κ2) is 6.31. The molecule has 0 saturated carbocycles. The molecule has 0 fully saturated rings. The molecule has 1 aromatic rings. The minimum absolute atomic E-state index is 0.431. The Morgan fingerprint density at radius 3 is 1.89 bits per heavy atom. The highest BCUT2D eigenvalue weighted by atomic mass is 32.1. The number of unbranched alkanes of at least 4 members (excludes halogenated alkanes) is 1. The fraction of sp³-hybridized carbons (Fsp3) is 0.733. The largest absolute Gasteiger partial charge is 0.375 e. The Hall–Kier alpha value is -0.480. The summed E-state index contributed by atoms with van der Waals surface area (Å²) in [6.45, 7) is 7.93. The van der Waals surface area contributed by atoms with Gasteiger partial charge in [0, 0.05) is 27.7 Å². The molecule has 0 N–H and O–H groups in total. The molecule has 2 nitrogen and oxygen atoms in total. The summed E-state index contributed by atoms with van der Waals surface area (Å²) in [6.07, 6.45) is 3.73. The van der Waals surface area contributed by atoms with Crippen LogP contribution in [-0.4, -0.2) is 27.7 Å². The molecule has 0 radical (unpaired) electrons. The zero-order valence-electron chi connectivity index (χ0n) is 13.0. The van der Waals surface area contributed by atoms with E-state index in [4.69, 9.17) is 24.4 Å². The van der Waals surface area contributed by atoms with Crippen LogP contribution in [-0.2, 0) is 0 Å². The Morgan fingerprint density at radius 2 is 1.42 bits per heavy atom. The molecule has 0 spiro atoms. The van der Waals surface area contributed by atoms with Crippen LogP contribution in [0.15, 0.2) is 0 Å². The summed E-state index contributed by atoms with van der Waals surface area (Å²) in [6, 6.07) is 0. The summed E-state index contributed by atoms with van der Waals surface area (Å²) in [4.78, 5) is 4.33. The first-order valence-electron chi connectivity index (χ1n) is 6.87. The standard InChI is InChI=1S/C15H26N2S2/c1-15(2,3)9-7-8-10-17(6)12-11(16(4)5)13(18)14(12)19/h7-10H2,1-6H3. The molecule has 0 saturated heterocycles. The third-order valence-corrected chi connectivity index (χ3v) is 4.28. The van der Waals surface area contributed by atoms with Crippen molar-refractivity contribution in [2.75, 3.05) is 37.5 Å². The molecule has 0 aromatic heterocycles. The highest BCUT2D eigenvalue weighted by Gasteiger charge is 2.19. The van der Waals surface area contributed by atoms with Crippen molar-refractivity contribution in [2.24, 2.45) is 5.41 Å². The van der Waals surface area contributed by atoms with Crippen LogP contribution in [0.5, 0.6) is 0 Å². The first-order chi connectivity index (χ1) is 8.65. The van der Waals surface area contributed by atoms with Crippen LogP contribution >= 0.6 is 24.4 Å². The maximum Gasteiger partial charge on any atom is 0.0834 e. The summed E-state index contributed by atoms with van der Waals surface area (Å²) < 4.78 is 1.70. The second-order valence-corrected chi connectivity index (χ2v) is 7.51. The number of hydrogen-bond donors (Lipinski definition) is 0. The van der Waals surface area contributed by atoms with Crippen molar-refractivity contribution in [3.05, 3.63) is 9.02 Å². The molecule has 0 heterocycles. The molecule has 0 unspecified atom stereocenters. The Balaban J connectivity index is 2.56. The highest BCUT2D eigenvalue weighted by Crippen LogP contribution is 2.37. The van der Waals surface area contributed by atoms with Gasteiger partial charge in [0.1, 0.15) is 0 Å². The van der Waals surface area contributed by atoms with Crippen molar-refractivity contribution in [1.29, 1.82) is 0 Å². The van der Waals surface area contributed by atoms with E-state index in [1.807, 2.05) is 14.1 Å². The summed E-state index contributed by atoms with van der Waals surface area (Å²) in [5.41, 5.74) is 2.71. The molecule has 4 heteroatoms. The van der Waals surface area contributed by atoms with E-state index in [0.29, 0.717) is 5.41 Å². The van der Waals surface area contributed by atoms with E-state index in [-0.39, 0.29) is 0 Å². The van der Waals surface area contributed by atoms with Crippen LogP contribution in [0.3, 0.4) is 0 Å². The average Bonchev–Trinajstić information content (AvgIpc) is 2.28. The number of rotatable bonds is 6. The molecule has 0 aliphatic carbocycles. The van der Waals surface area contributed by atoms with E-state index in [0.717, 1.165) is 26.9 Å². The van der Waals surface area contributed by atoms with Crippen molar-refractivity contribution in [1.82, 2.24) is 0 Å². The molecule has 0 bridgehead atoms. The van der Waals surface area contributed by atoms with Gasteiger partial charge in [0.15, 0.2) is 0 Å². The van der Waals surface area contributed by atoms with E-state index in [1.54, 1.807) is 0 Å². The second-order valence-electron chi connectivity index (χ2n) is 6.69. The van der Waals surface area contributed by atoms with Gasteiger partial charge in [0.05, 0.1) is 20.4 Å². The van der Waals surface area contributed by atoms with Gasteiger partial charge >= 0.3 is 0 Å². The fourth-order valence-electron chi connectivity index (χ4n) is 2.25. The molecule has 0 atom stereocenters. The predicted octanol–water partition coefficient (Wildman–Crippen LogP) is 4.74. The molecule has 1 aromatic carbocycles. The first-order valence-corrected chi connectivity index (χ1v) is 7.68. The van der Waals surface area contributed by atoms with E-state index >= 15 is 0 Å². The van der Waals surface area contributed by atoms with Gasteiger partial charge in [0.25, 0.3) is 0 Å². The number of nitrogens with zero attached hydrogens (tertiary/aromatic N) is 2. The molecule has 108 valence electrons. The minimum Gasteiger partial charge on any atom is -0.375 e. The van der Waals surface area contributed by atoms with Gasteiger partial charge in [-0.3, -0.25) is 0 Å². The predicted molar refractivity (Wildman–Crippen MR) is 91.4 cm³/mol. The normalized spacial score (nSPS) is 11.9. The fourth-order valence-corrected chi connectivity index (χ4v) is 2.98. The smallest absolute Gasteiger partial charge is 0.0834 e. The van der Waals surface area contributed by atoms with Gasteiger partial charge in [-0.1, -0.05) is 51.6 Å². The van der Waals surface area contributed by atoms with E-state index in [1.165, 1.54) is 19.3 Å². The third-order valence-electron chi connectivity index (χ3n) is 3.36. The molecular formula is C15H26N2S2. The summed E-state index contributed by atoms with van der Waals surface area (Å²) in [7, 11) is 6.16. The Kier molecular flexibility index (Phi) is 5.51.